The van der Waals surface area contributed by atoms with Gasteiger partial charge in [-0.2, -0.15) is 4.31 Å². The van der Waals surface area contributed by atoms with E-state index >= 15 is 0 Å². The van der Waals surface area contributed by atoms with Gasteiger partial charge in [-0.05, 0) is 33.1 Å². The first-order valence-electron chi connectivity index (χ1n) is 9.45. The van der Waals surface area contributed by atoms with Crippen LogP contribution in [0.4, 0.5) is 0 Å². The van der Waals surface area contributed by atoms with Gasteiger partial charge in [0.2, 0.25) is 5.91 Å². The maximum Gasteiger partial charge on any atom is 0.331 e. The van der Waals surface area contributed by atoms with Crippen LogP contribution in [0.3, 0.4) is 0 Å². The van der Waals surface area contributed by atoms with Crippen molar-refractivity contribution in [2.24, 2.45) is 13.0 Å². The number of carbonyl (C=O) groups is 2. The number of nitrogens with one attached hydrogen (secondary N) is 1. The highest BCUT2D eigenvalue weighted by Gasteiger charge is 2.39. The van der Waals surface area contributed by atoms with E-state index in [-0.39, 0.29) is 29.9 Å². The molecule has 1 aromatic heterocycles. The van der Waals surface area contributed by atoms with Crippen molar-refractivity contribution >= 4 is 21.9 Å². The molecular weight excluding hydrogens is 384 g/mol. The van der Waals surface area contributed by atoms with Crippen LogP contribution in [-0.4, -0.2) is 59.9 Å². The van der Waals surface area contributed by atoms with Crippen LogP contribution < -0.4 is 5.32 Å². The molecule has 1 unspecified atom stereocenters. The van der Waals surface area contributed by atoms with Crippen LogP contribution in [0.1, 0.15) is 45.4 Å². The van der Waals surface area contributed by atoms with Gasteiger partial charge in [0.25, 0.3) is 10.0 Å². The fraction of sp³-hybridized carbons (Fsp3) is 0.722. The minimum absolute atomic E-state index is 0.0246. The quantitative estimate of drug-likeness (QED) is 0.666. The second-order valence-corrected chi connectivity index (χ2v) is 9.36. The molecule has 10 heteroatoms. The normalized spacial score (nSPS) is 18.5. The molecule has 28 heavy (non-hydrogen) atoms. The van der Waals surface area contributed by atoms with Crippen LogP contribution in [0.5, 0.6) is 0 Å². The summed E-state index contributed by atoms with van der Waals surface area (Å²) in [5.41, 5.74) is -1.07. The standard InChI is InChI=1S/C18H30N4O5S/c1-6-9-18(3,17(24)27-5)20-16(23)14-7-10-22(11-8-14)28(25,26)15-12-21(4)13(2)19-15/h12,14H,6-11H2,1-5H3,(H,20,23). The number of aromatic nitrogens is 2. The highest BCUT2D eigenvalue weighted by Crippen LogP contribution is 2.25. The molecule has 158 valence electrons. The molecule has 0 saturated carbocycles. The molecule has 1 saturated heterocycles. The summed E-state index contributed by atoms with van der Waals surface area (Å²) < 4.78 is 33.4. The average Bonchev–Trinajstić information content (AvgIpc) is 3.00. The van der Waals surface area contributed by atoms with Crippen molar-refractivity contribution in [3.63, 3.8) is 0 Å². The zero-order chi connectivity index (χ0) is 21.1. The Hall–Kier alpha value is -1.94. The topological polar surface area (TPSA) is 111 Å². The summed E-state index contributed by atoms with van der Waals surface area (Å²) in [7, 11) is -0.639. The molecule has 0 aromatic carbocycles. The highest BCUT2D eigenvalue weighted by molar-refractivity contribution is 7.89. The Bertz CT molecular complexity index is 808. The number of sulfonamides is 1. The average molecular weight is 415 g/mol. The number of nitrogens with zero attached hydrogens (tertiary/aromatic N) is 3. The number of methoxy groups -OCH3 is 1. The molecule has 9 nitrogen and oxygen atoms in total. The van der Waals surface area contributed by atoms with Crippen molar-refractivity contribution in [1.82, 2.24) is 19.2 Å². The number of hydrogen-bond acceptors (Lipinski definition) is 6. The van der Waals surface area contributed by atoms with Crippen LogP contribution >= 0.6 is 0 Å². The van der Waals surface area contributed by atoms with Crippen LogP contribution in [0.15, 0.2) is 11.2 Å². The van der Waals surface area contributed by atoms with E-state index in [2.05, 4.69) is 10.3 Å². The number of imidazole rings is 1. The van der Waals surface area contributed by atoms with Gasteiger partial charge in [0.1, 0.15) is 11.4 Å². The Morgan fingerprint density at radius 2 is 1.96 bits per heavy atom. The first-order chi connectivity index (χ1) is 13.0. The third kappa shape index (κ3) is 4.54. The van der Waals surface area contributed by atoms with Gasteiger partial charge in [0.15, 0.2) is 5.03 Å². The van der Waals surface area contributed by atoms with Crippen LogP contribution in [0.25, 0.3) is 0 Å². The lowest BCUT2D eigenvalue weighted by atomic mass is 9.92. The summed E-state index contributed by atoms with van der Waals surface area (Å²) in [4.78, 5) is 28.9. The number of ether oxygens (including phenoxy) is 1. The Labute approximate surface area is 166 Å². The first kappa shape index (κ1) is 22.4. The smallest absolute Gasteiger partial charge is 0.331 e. The molecular formula is C18H30N4O5S. The molecule has 0 bridgehead atoms. The fourth-order valence-electron chi connectivity index (χ4n) is 3.46. The molecule has 1 aliphatic heterocycles. The number of esters is 1. The van der Waals surface area contributed by atoms with Crippen molar-refractivity contribution in [1.29, 1.82) is 0 Å². The van der Waals surface area contributed by atoms with E-state index in [0.717, 1.165) is 0 Å². The number of aryl methyl sites for hydroxylation is 2. The van der Waals surface area contributed by atoms with E-state index in [1.807, 2.05) is 6.92 Å². The second kappa shape index (κ2) is 8.60. The van der Waals surface area contributed by atoms with Crippen molar-refractivity contribution < 1.29 is 22.7 Å². The van der Waals surface area contributed by atoms with Crippen molar-refractivity contribution in [3.8, 4) is 0 Å². The Morgan fingerprint density at radius 3 is 2.43 bits per heavy atom. The first-order valence-corrected chi connectivity index (χ1v) is 10.9. The lowest BCUT2D eigenvalue weighted by Crippen LogP contribution is -2.55. The molecule has 1 amide bonds. The third-order valence-electron chi connectivity index (χ3n) is 5.30. The maximum atomic E-state index is 12.8. The van der Waals surface area contributed by atoms with Gasteiger partial charge >= 0.3 is 5.97 Å². The molecule has 1 fully saturated rings. The van der Waals surface area contributed by atoms with Gasteiger partial charge in [-0.3, -0.25) is 4.79 Å². The molecule has 1 atom stereocenters. The van der Waals surface area contributed by atoms with E-state index in [4.69, 9.17) is 4.74 Å². The molecule has 1 aromatic rings. The van der Waals surface area contributed by atoms with E-state index in [0.29, 0.717) is 31.5 Å². The molecule has 2 rings (SSSR count). The lowest BCUT2D eigenvalue weighted by Gasteiger charge is -2.33. The van der Waals surface area contributed by atoms with Crippen LogP contribution in [0, 0.1) is 12.8 Å². The van der Waals surface area contributed by atoms with Gasteiger partial charge in [-0.1, -0.05) is 13.3 Å². The number of piperidine rings is 1. The summed E-state index contributed by atoms with van der Waals surface area (Å²) in [6.45, 7) is 5.79. The molecule has 0 spiro atoms. The SMILES string of the molecule is CCCC(C)(NC(=O)C1CCN(S(=O)(=O)c2cn(C)c(C)n2)CC1)C(=O)OC. The second-order valence-electron chi connectivity index (χ2n) is 7.48. The van der Waals surface area contributed by atoms with Gasteiger partial charge < -0.3 is 14.6 Å². The van der Waals surface area contributed by atoms with Crippen molar-refractivity contribution in [2.45, 2.75) is 57.0 Å². The van der Waals surface area contributed by atoms with Gasteiger partial charge in [-0.15, -0.1) is 0 Å². The summed E-state index contributed by atoms with van der Waals surface area (Å²) in [5.74, 6) is -0.455. The Kier molecular flexibility index (Phi) is 6.87. The van der Waals surface area contributed by atoms with E-state index in [9.17, 15) is 18.0 Å². The molecule has 0 aliphatic carbocycles. The van der Waals surface area contributed by atoms with Gasteiger partial charge in [0.05, 0.1) is 7.11 Å². The Balaban J connectivity index is 2.02. The largest absolute Gasteiger partial charge is 0.467 e. The molecule has 2 heterocycles. The predicted molar refractivity (Wildman–Crippen MR) is 103 cm³/mol. The van der Waals surface area contributed by atoms with E-state index < -0.39 is 21.5 Å². The summed E-state index contributed by atoms with van der Waals surface area (Å²) >= 11 is 0. The third-order valence-corrected chi connectivity index (χ3v) is 7.07. The van der Waals surface area contributed by atoms with Crippen LogP contribution in [0.2, 0.25) is 0 Å². The monoisotopic (exact) mass is 414 g/mol. The maximum absolute atomic E-state index is 12.8. The van der Waals surface area contributed by atoms with Gasteiger partial charge in [0, 0.05) is 32.3 Å². The van der Waals surface area contributed by atoms with Gasteiger partial charge in [-0.25, -0.2) is 18.2 Å². The predicted octanol–water partition coefficient (Wildman–Crippen LogP) is 0.977. The highest BCUT2D eigenvalue weighted by atomic mass is 32.2. The van der Waals surface area contributed by atoms with Crippen molar-refractivity contribution in [2.75, 3.05) is 20.2 Å². The Morgan fingerprint density at radius 1 is 1.36 bits per heavy atom. The van der Waals surface area contributed by atoms with E-state index in [1.54, 1.807) is 25.5 Å². The zero-order valence-corrected chi connectivity index (χ0v) is 18.0. The lowest BCUT2D eigenvalue weighted by molar-refractivity contribution is -0.151. The zero-order valence-electron chi connectivity index (χ0n) is 17.2. The number of hydrogen-bond donors (Lipinski definition) is 1. The molecule has 1 N–H and O–H groups in total. The summed E-state index contributed by atoms with van der Waals surface area (Å²) in [5, 5.41) is 2.84. The summed E-state index contributed by atoms with van der Waals surface area (Å²) in [6.07, 6.45) is 3.46. The van der Waals surface area contributed by atoms with E-state index in [1.165, 1.54) is 17.6 Å². The van der Waals surface area contributed by atoms with Crippen molar-refractivity contribution in [3.05, 3.63) is 12.0 Å². The summed E-state index contributed by atoms with van der Waals surface area (Å²) in [6, 6.07) is 0. The minimum Gasteiger partial charge on any atom is -0.467 e. The van der Waals surface area contributed by atoms with Crippen LogP contribution in [-0.2, 0) is 31.4 Å². The minimum atomic E-state index is -3.68. The number of rotatable bonds is 7. The fourth-order valence-corrected chi connectivity index (χ4v) is 4.95. The molecule has 0 radical (unpaired) electrons. The number of carbonyl (C=O) groups excluding carboxylic acids is 2. The number of amides is 1. The molecule has 1 aliphatic rings.